The van der Waals surface area contributed by atoms with Crippen molar-refractivity contribution in [1.82, 2.24) is 24.5 Å². The quantitative estimate of drug-likeness (QED) is 0.173. The van der Waals surface area contributed by atoms with Crippen LogP contribution in [0.4, 0.5) is 0 Å². The van der Waals surface area contributed by atoms with Crippen LogP contribution in [0.1, 0.15) is 27.1 Å². The molecule has 13 rings (SSSR count). The highest BCUT2D eigenvalue weighted by atomic mass is 32.1. The smallest absolute Gasteiger partial charge is 0.164 e. The molecule has 0 saturated heterocycles. The SMILES string of the molecule is N#Cc1cc2c3c(ccc2s1)C1(c2ccccc2-c2cc(-c4nc5ccccc5n4-c4ccccc4)ccc21)c1ccc(-c2nc(-c4ccccc4)nc(-c4ccccc4)n2)cc1-3. The van der Waals surface area contributed by atoms with Gasteiger partial charge in [0.05, 0.1) is 16.4 Å². The number of thiophene rings is 1. The van der Waals surface area contributed by atoms with E-state index in [-0.39, 0.29) is 0 Å². The summed E-state index contributed by atoms with van der Waals surface area (Å²) in [7, 11) is 0. The number of hydrogen-bond donors (Lipinski definition) is 0. The van der Waals surface area contributed by atoms with Gasteiger partial charge in [0.1, 0.15) is 16.8 Å². The van der Waals surface area contributed by atoms with E-state index >= 15 is 0 Å². The minimum Gasteiger partial charge on any atom is -0.292 e. The molecule has 8 aromatic carbocycles. The van der Waals surface area contributed by atoms with Crippen molar-refractivity contribution in [3.05, 3.63) is 221 Å². The monoisotopic (exact) mass is 820 g/mol. The Labute approximate surface area is 366 Å². The Morgan fingerprint density at radius 2 is 1.03 bits per heavy atom. The summed E-state index contributed by atoms with van der Waals surface area (Å²) in [6.45, 7) is 0. The third-order valence-electron chi connectivity index (χ3n) is 12.7. The van der Waals surface area contributed by atoms with Crippen LogP contribution in [-0.4, -0.2) is 24.5 Å². The van der Waals surface area contributed by atoms with Crippen molar-refractivity contribution >= 4 is 32.5 Å². The first-order valence-electron chi connectivity index (χ1n) is 20.9. The Hall–Kier alpha value is -8.31. The van der Waals surface area contributed by atoms with Crippen LogP contribution >= 0.6 is 11.3 Å². The fraction of sp³-hybridized carbons (Fsp3) is 0.0179. The zero-order valence-electron chi connectivity index (χ0n) is 33.6. The number of nitriles is 1. The second kappa shape index (κ2) is 13.6. The Bertz CT molecular complexity index is 3640. The maximum absolute atomic E-state index is 10.2. The van der Waals surface area contributed by atoms with Crippen LogP contribution in [0.3, 0.4) is 0 Å². The minimum absolute atomic E-state index is 0.599. The van der Waals surface area contributed by atoms with Crippen LogP contribution in [0.2, 0.25) is 0 Å². The molecule has 1 spiro atoms. The van der Waals surface area contributed by atoms with Gasteiger partial charge in [0.15, 0.2) is 17.5 Å². The molecule has 1 atom stereocenters. The van der Waals surface area contributed by atoms with Crippen molar-refractivity contribution in [2.45, 2.75) is 5.41 Å². The van der Waals surface area contributed by atoms with Gasteiger partial charge < -0.3 is 0 Å². The number of imidazole rings is 1. The second-order valence-electron chi connectivity index (χ2n) is 16.1. The summed E-state index contributed by atoms with van der Waals surface area (Å²) in [5.41, 5.74) is 15.7. The van der Waals surface area contributed by atoms with Crippen molar-refractivity contribution < 1.29 is 0 Å². The summed E-state index contributed by atoms with van der Waals surface area (Å²) >= 11 is 1.54. The number of benzene rings is 8. The lowest BCUT2D eigenvalue weighted by Gasteiger charge is -2.30. The average molecular weight is 821 g/mol. The highest BCUT2D eigenvalue weighted by Gasteiger charge is 2.52. The van der Waals surface area contributed by atoms with E-state index in [1.165, 1.54) is 44.7 Å². The topological polar surface area (TPSA) is 80.3 Å². The number of aromatic nitrogens is 5. The molecule has 0 aliphatic heterocycles. The van der Waals surface area contributed by atoms with Crippen molar-refractivity contribution in [3.63, 3.8) is 0 Å². The first kappa shape index (κ1) is 35.4. The van der Waals surface area contributed by atoms with Gasteiger partial charge in [0.25, 0.3) is 0 Å². The predicted molar refractivity (Wildman–Crippen MR) is 253 cm³/mol. The minimum atomic E-state index is -0.625. The Morgan fingerprint density at radius 1 is 0.460 bits per heavy atom. The van der Waals surface area contributed by atoms with Gasteiger partial charge in [-0.3, -0.25) is 4.57 Å². The van der Waals surface area contributed by atoms with Gasteiger partial charge in [0.2, 0.25) is 0 Å². The van der Waals surface area contributed by atoms with Crippen LogP contribution in [0.15, 0.2) is 194 Å². The predicted octanol–water partition coefficient (Wildman–Crippen LogP) is 13.3. The fourth-order valence-corrected chi connectivity index (χ4v) is 11.0. The maximum atomic E-state index is 10.2. The molecule has 0 saturated carbocycles. The van der Waals surface area contributed by atoms with Crippen LogP contribution in [0, 0.1) is 11.3 Å². The van der Waals surface area contributed by atoms with Gasteiger partial charge >= 0.3 is 0 Å². The number of fused-ring (bicyclic) bond motifs is 13. The number of nitrogens with zero attached hydrogens (tertiary/aromatic N) is 6. The van der Waals surface area contributed by atoms with E-state index in [4.69, 9.17) is 19.9 Å². The molecule has 63 heavy (non-hydrogen) atoms. The zero-order valence-corrected chi connectivity index (χ0v) is 34.4. The van der Waals surface area contributed by atoms with Crippen molar-refractivity contribution in [3.8, 4) is 79.6 Å². The summed E-state index contributed by atoms with van der Waals surface area (Å²) in [6.07, 6.45) is 0. The summed E-state index contributed by atoms with van der Waals surface area (Å²) in [5.74, 6) is 2.73. The molecule has 11 aromatic rings. The first-order chi connectivity index (χ1) is 31.2. The normalized spacial score (nSPS) is 14.4. The molecule has 3 aromatic heterocycles. The van der Waals surface area contributed by atoms with Crippen LogP contribution in [0.25, 0.3) is 94.6 Å². The van der Waals surface area contributed by atoms with E-state index in [2.05, 4.69) is 132 Å². The molecular formula is C56H32N6S. The molecule has 1 unspecified atom stereocenters. The van der Waals surface area contributed by atoms with Gasteiger partial charge in [-0.15, -0.1) is 11.3 Å². The molecule has 0 bridgehead atoms. The van der Waals surface area contributed by atoms with Crippen molar-refractivity contribution in [2.75, 3.05) is 0 Å². The molecule has 292 valence electrons. The lowest BCUT2D eigenvalue weighted by Crippen LogP contribution is -2.25. The van der Waals surface area contributed by atoms with Gasteiger partial charge in [-0.25, -0.2) is 19.9 Å². The second-order valence-corrected chi connectivity index (χ2v) is 17.2. The Morgan fingerprint density at radius 3 is 1.76 bits per heavy atom. The molecular weight excluding hydrogens is 789 g/mol. The molecule has 0 fully saturated rings. The molecule has 7 heteroatoms. The van der Waals surface area contributed by atoms with E-state index in [0.29, 0.717) is 22.4 Å². The molecule has 0 amide bonds. The Balaban J connectivity index is 1.06. The Kier molecular flexibility index (Phi) is 7.65. The summed E-state index contributed by atoms with van der Waals surface area (Å²) in [5, 5.41) is 11.2. The lowest BCUT2D eigenvalue weighted by molar-refractivity contribution is 0.794. The maximum Gasteiger partial charge on any atom is 0.164 e. The highest BCUT2D eigenvalue weighted by Crippen LogP contribution is 2.64. The van der Waals surface area contributed by atoms with Crippen LogP contribution < -0.4 is 0 Å². The first-order valence-corrected chi connectivity index (χ1v) is 21.8. The molecule has 2 aliphatic carbocycles. The fourth-order valence-electron chi connectivity index (χ4n) is 10.1. The van der Waals surface area contributed by atoms with Crippen LogP contribution in [0.5, 0.6) is 0 Å². The number of hydrogen-bond acceptors (Lipinski definition) is 6. The van der Waals surface area contributed by atoms with E-state index in [1.54, 1.807) is 0 Å². The van der Waals surface area contributed by atoms with E-state index in [0.717, 1.165) is 66.0 Å². The van der Waals surface area contributed by atoms with Gasteiger partial charge in [-0.2, -0.15) is 5.26 Å². The number of rotatable bonds is 5. The van der Waals surface area contributed by atoms with Crippen molar-refractivity contribution in [1.29, 1.82) is 5.26 Å². The van der Waals surface area contributed by atoms with Crippen molar-refractivity contribution in [2.24, 2.45) is 0 Å². The van der Waals surface area contributed by atoms with E-state index in [9.17, 15) is 5.26 Å². The molecule has 3 heterocycles. The summed E-state index contributed by atoms with van der Waals surface area (Å²) in [4.78, 5) is 21.2. The van der Waals surface area contributed by atoms with Crippen LogP contribution in [-0.2, 0) is 5.41 Å². The van der Waals surface area contributed by atoms with Gasteiger partial charge in [-0.1, -0.05) is 146 Å². The summed E-state index contributed by atoms with van der Waals surface area (Å²) < 4.78 is 3.35. The molecule has 2 aliphatic rings. The standard InChI is InChI=1S/C56H32N6S/c57-33-39-32-43-50(63-39)29-28-47-51(43)42-30-36(54-60-52(34-14-4-1-5-15-34)59-53(61-54)35-16-6-2-7-17-35)24-26-46(42)56(47)44-21-11-10-20-40(44)41-31-37(25-27-45(41)56)55-58-48-22-12-13-23-49(48)62(55)38-18-8-3-9-19-38/h1-32H. The average Bonchev–Trinajstić information content (AvgIpc) is 4.11. The summed E-state index contributed by atoms with van der Waals surface area (Å²) in [6, 6.07) is 70.5. The van der Waals surface area contributed by atoms with Gasteiger partial charge in [0, 0.05) is 38.0 Å². The third-order valence-corrected chi connectivity index (χ3v) is 13.7. The lowest BCUT2D eigenvalue weighted by atomic mass is 9.70. The molecule has 0 radical (unpaired) electrons. The molecule has 6 nitrogen and oxygen atoms in total. The van der Waals surface area contributed by atoms with E-state index < -0.39 is 5.41 Å². The highest BCUT2D eigenvalue weighted by molar-refractivity contribution is 7.19. The largest absolute Gasteiger partial charge is 0.292 e. The third kappa shape index (κ3) is 5.16. The number of para-hydroxylation sites is 3. The molecule has 0 N–H and O–H groups in total. The van der Waals surface area contributed by atoms with E-state index in [1.807, 2.05) is 72.8 Å². The van der Waals surface area contributed by atoms with Gasteiger partial charge in [-0.05, 0) is 93.0 Å². The zero-order chi connectivity index (χ0) is 41.6.